The molecular weight excluding hydrogens is 344 g/mol. The van der Waals surface area contributed by atoms with E-state index >= 15 is 0 Å². The van der Waals surface area contributed by atoms with Gasteiger partial charge in [0.15, 0.2) is 0 Å². The standard InChI is InChI=1S/C22H40O5/c1-3-4-5-6-7-8-9-10-11-20-19(25-17-24-2)14-15-22(27-20)21-13-12-18(16-23)26-21/h16,18-22H,3-15,17H2,1-2H3/t18-,19-,20+,21+,22+/m1/s1. The smallest absolute Gasteiger partial charge is 0.148 e. The van der Waals surface area contributed by atoms with Crippen LogP contribution in [0.1, 0.15) is 90.4 Å². The van der Waals surface area contributed by atoms with Crippen LogP contribution in [0, 0.1) is 0 Å². The summed E-state index contributed by atoms with van der Waals surface area (Å²) in [5, 5.41) is 0. The van der Waals surface area contributed by atoms with Crippen LogP contribution in [-0.2, 0) is 23.7 Å². The van der Waals surface area contributed by atoms with Crippen LogP contribution in [-0.4, -0.2) is 50.7 Å². The first-order chi connectivity index (χ1) is 13.3. The Hall–Kier alpha value is -0.490. The first-order valence-electron chi connectivity index (χ1n) is 11.1. The maximum absolute atomic E-state index is 11.0. The van der Waals surface area contributed by atoms with Gasteiger partial charge in [0, 0.05) is 7.11 Å². The molecule has 0 saturated carbocycles. The van der Waals surface area contributed by atoms with Gasteiger partial charge >= 0.3 is 0 Å². The van der Waals surface area contributed by atoms with Crippen molar-refractivity contribution in [2.45, 2.75) is 121 Å². The van der Waals surface area contributed by atoms with Crippen LogP contribution in [0.25, 0.3) is 0 Å². The fraction of sp³-hybridized carbons (Fsp3) is 0.955. The molecule has 2 rings (SSSR count). The number of carbonyl (C=O) groups excluding carboxylic acids is 1. The molecule has 0 amide bonds. The number of methoxy groups -OCH3 is 1. The Kier molecular flexibility index (Phi) is 11.5. The van der Waals surface area contributed by atoms with Gasteiger partial charge in [-0.05, 0) is 32.1 Å². The Morgan fingerprint density at radius 2 is 1.56 bits per heavy atom. The van der Waals surface area contributed by atoms with Crippen molar-refractivity contribution in [1.82, 2.24) is 0 Å². The highest BCUT2D eigenvalue weighted by molar-refractivity contribution is 5.56. The number of aldehydes is 1. The molecule has 0 aromatic rings. The fourth-order valence-corrected chi connectivity index (χ4v) is 4.31. The quantitative estimate of drug-likeness (QED) is 0.245. The zero-order valence-electron chi connectivity index (χ0n) is 17.4. The van der Waals surface area contributed by atoms with E-state index in [1.165, 1.54) is 51.4 Å². The van der Waals surface area contributed by atoms with Crippen molar-refractivity contribution in [3.8, 4) is 0 Å². The Bertz CT molecular complexity index is 389. The molecule has 5 nitrogen and oxygen atoms in total. The molecule has 0 aromatic heterocycles. The minimum atomic E-state index is -0.243. The van der Waals surface area contributed by atoms with Gasteiger partial charge < -0.3 is 23.7 Å². The molecule has 158 valence electrons. The second kappa shape index (κ2) is 13.6. The molecule has 0 unspecified atom stereocenters. The third kappa shape index (κ3) is 8.18. The van der Waals surface area contributed by atoms with E-state index in [9.17, 15) is 4.79 Å². The molecule has 27 heavy (non-hydrogen) atoms. The van der Waals surface area contributed by atoms with Crippen LogP contribution < -0.4 is 0 Å². The molecule has 2 fully saturated rings. The second-order valence-corrected chi connectivity index (χ2v) is 8.09. The largest absolute Gasteiger partial charge is 0.370 e. The molecule has 2 aliphatic heterocycles. The van der Waals surface area contributed by atoms with Gasteiger partial charge in [0.1, 0.15) is 19.2 Å². The van der Waals surface area contributed by atoms with Gasteiger partial charge in [-0.3, -0.25) is 0 Å². The van der Waals surface area contributed by atoms with Crippen LogP contribution in [0.4, 0.5) is 0 Å². The average molecular weight is 385 g/mol. The van der Waals surface area contributed by atoms with E-state index in [4.69, 9.17) is 18.9 Å². The van der Waals surface area contributed by atoms with Crippen molar-refractivity contribution in [2.24, 2.45) is 0 Å². The topological polar surface area (TPSA) is 54.0 Å². The number of rotatable bonds is 14. The third-order valence-corrected chi connectivity index (χ3v) is 5.89. The molecule has 5 heteroatoms. The molecule has 0 radical (unpaired) electrons. The molecule has 0 N–H and O–H groups in total. The average Bonchev–Trinajstić information content (AvgIpc) is 3.18. The third-order valence-electron chi connectivity index (χ3n) is 5.89. The summed E-state index contributed by atoms with van der Waals surface area (Å²) in [4.78, 5) is 11.0. The van der Waals surface area contributed by atoms with Crippen LogP contribution in [0.15, 0.2) is 0 Å². The lowest BCUT2D eigenvalue weighted by atomic mass is 9.93. The van der Waals surface area contributed by atoms with E-state index < -0.39 is 0 Å². The fourth-order valence-electron chi connectivity index (χ4n) is 4.31. The molecule has 2 aliphatic rings. The highest BCUT2D eigenvalue weighted by Gasteiger charge is 2.39. The van der Waals surface area contributed by atoms with Gasteiger partial charge in [0.25, 0.3) is 0 Å². The van der Waals surface area contributed by atoms with Gasteiger partial charge in [0.2, 0.25) is 0 Å². The second-order valence-electron chi connectivity index (χ2n) is 8.09. The van der Waals surface area contributed by atoms with E-state index in [1.54, 1.807) is 7.11 Å². The molecule has 2 heterocycles. The summed E-state index contributed by atoms with van der Waals surface area (Å²) in [6.45, 7) is 2.58. The van der Waals surface area contributed by atoms with Gasteiger partial charge in [-0.1, -0.05) is 58.3 Å². The van der Waals surface area contributed by atoms with E-state index in [0.29, 0.717) is 6.79 Å². The maximum Gasteiger partial charge on any atom is 0.148 e. The van der Waals surface area contributed by atoms with E-state index in [0.717, 1.165) is 38.4 Å². The minimum Gasteiger partial charge on any atom is -0.370 e. The summed E-state index contributed by atoms with van der Waals surface area (Å²) in [7, 11) is 1.66. The molecular formula is C22H40O5. The Balaban J connectivity index is 1.71. The van der Waals surface area contributed by atoms with Gasteiger partial charge in [-0.25, -0.2) is 0 Å². The van der Waals surface area contributed by atoms with E-state index in [2.05, 4.69) is 6.92 Å². The molecule has 2 saturated heterocycles. The first kappa shape index (κ1) is 22.8. The van der Waals surface area contributed by atoms with Crippen LogP contribution in [0.3, 0.4) is 0 Å². The predicted octanol–water partition coefficient (Wildman–Crippen LogP) is 4.80. The van der Waals surface area contributed by atoms with E-state index in [-0.39, 0.29) is 30.5 Å². The maximum atomic E-state index is 11.0. The Labute approximate surface area is 165 Å². The lowest BCUT2D eigenvalue weighted by Crippen LogP contribution is -2.45. The number of hydrogen-bond donors (Lipinski definition) is 0. The Morgan fingerprint density at radius 3 is 2.22 bits per heavy atom. The lowest BCUT2D eigenvalue weighted by Gasteiger charge is -2.38. The molecule has 5 atom stereocenters. The summed E-state index contributed by atoms with van der Waals surface area (Å²) >= 11 is 0. The number of carbonyl (C=O) groups is 1. The summed E-state index contributed by atoms with van der Waals surface area (Å²) in [5.74, 6) is 0. The highest BCUT2D eigenvalue weighted by Crippen LogP contribution is 2.33. The monoisotopic (exact) mass is 384 g/mol. The summed E-state index contributed by atoms with van der Waals surface area (Å²) in [6.07, 6.45) is 16.2. The number of ether oxygens (including phenoxy) is 4. The zero-order valence-corrected chi connectivity index (χ0v) is 17.4. The van der Waals surface area contributed by atoms with Crippen molar-refractivity contribution >= 4 is 6.29 Å². The Morgan fingerprint density at radius 1 is 0.889 bits per heavy atom. The first-order valence-corrected chi connectivity index (χ1v) is 11.1. The normalized spacial score (nSPS) is 31.3. The lowest BCUT2D eigenvalue weighted by molar-refractivity contribution is -0.195. The van der Waals surface area contributed by atoms with Crippen molar-refractivity contribution in [2.75, 3.05) is 13.9 Å². The number of hydrogen-bond acceptors (Lipinski definition) is 5. The predicted molar refractivity (Wildman–Crippen MR) is 106 cm³/mol. The van der Waals surface area contributed by atoms with Crippen molar-refractivity contribution in [3.05, 3.63) is 0 Å². The van der Waals surface area contributed by atoms with Gasteiger partial charge in [-0.2, -0.15) is 0 Å². The molecule has 0 bridgehead atoms. The van der Waals surface area contributed by atoms with Gasteiger partial charge in [-0.15, -0.1) is 0 Å². The van der Waals surface area contributed by atoms with Crippen molar-refractivity contribution in [3.63, 3.8) is 0 Å². The summed E-state index contributed by atoms with van der Waals surface area (Å²) in [6, 6.07) is 0. The minimum absolute atomic E-state index is 0.0599. The summed E-state index contributed by atoms with van der Waals surface area (Å²) < 4.78 is 23.2. The van der Waals surface area contributed by atoms with E-state index in [1.807, 2.05) is 0 Å². The molecule has 0 spiro atoms. The molecule has 0 aromatic carbocycles. The zero-order chi connectivity index (χ0) is 19.3. The van der Waals surface area contributed by atoms with Crippen molar-refractivity contribution in [1.29, 1.82) is 0 Å². The van der Waals surface area contributed by atoms with Crippen LogP contribution >= 0.6 is 0 Å². The number of unbranched alkanes of at least 4 members (excludes halogenated alkanes) is 7. The summed E-state index contributed by atoms with van der Waals surface area (Å²) in [5.41, 5.74) is 0. The van der Waals surface area contributed by atoms with Crippen LogP contribution in [0.2, 0.25) is 0 Å². The van der Waals surface area contributed by atoms with Crippen molar-refractivity contribution < 1.29 is 23.7 Å². The van der Waals surface area contributed by atoms with Gasteiger partial charge in [0.05, 0.1) is 24.4 Å². The van der Waals surface area contributed by atoms with Crippen LogP contribution in [0.5, 0.6) is 0 Å². The highest BCUT2D eigenvalue weighted by atomic mass is 16.7. The SMILES string of the molecule is CCCCCCCCCC[C@@H]1O[C@H]([C@@H]2CC[C@H](C=O)O2)CC[C@H]1OCOC. The molecule has 0 aliphatic carbocycles.